The molecule has 0 spiro atoms. The van der Waals surface area contributed by atoms with Crippen molar-refractivity contribution in [2.75, 3.05) is 17.9 Å². The fourth-order valence-electron chi connectivity index (χ4n) is 1.74. The topological polar surface area (TPSA) is 79.7 Å². The molecule has 6 nitrogen and oxygen atoms in total. The van der Waals surface area contributed by atoms with Crippen molar-refractivity contribution in [1.82, 2.24) is 0 Å². The summed E-state index contributed by atoms with van der Waals surface area (Å²) in [5.74, 6) is -0.0604. The Morgan fingerprint density at radius 1 is 1.35 bits per heavy atom. The minimum atomic E-state index is -0.465. The van der Waals surface area contributed by atoms with Gasteiger partial charge in [-0.25, -0.2) is 0 Å². The first-order valence-electron chi connectivity index (χ1n) is 6.01. The summed E-state index contributed by atoms with van der Waals surface area (Å²) in [7, 11) is 1.47. The van der Waals surface area contributed by atoms with E-state index in [1.807, 2.05) is 6.07 Å². The second-order valence-corrected chi connectivity index (χ2v) is 4.18. The van der Waals surface area contributed by atoms with Crippen LogP contribution in [0.25, 0.3) is 0 Å². The molecule has 2 rings (SSSR count). The molecular weight excluding hydrogens is 258 g/mol. The van der Waals surface area contributed by atoms with Crippen LogP contribution in [-0.2, 0) is 11.3 Å². The molecule has 0 bridgehead atoms. The van der Waals surface area contributed by atoms with E-state index in [0.29, 0.717) is 22.2 Å². The Balaban J connectivity index is 2.14. The second kappa shape index (κ2) is 6.03. The van der Waals surface area contributed by atoms with Crippen molar-refractivity contribution in [2.24, 2.45) is 0 Å². The summed E-state index contributed by atoms with van der Waals surface area (Å²) < 4.78 is 6.72. The number of methoxy groups -OCH3 is 1. The van der Waals surface area contributed by atoms with Gasteiger partial charge in [0, 0.05) is 18.2 Å². The molecule has 0 unspecified atom stereocenters. The summed E-state index contributed by atoms with van der Waals surface area (Å²) in [6.45, 7) is 0.0318. The third-order valence-electron chi connectivity index (χ3n) is 2.79. The number of carbonyl (C=O) groups is 1. The summed E-state index contributed by atoms with van der Waals surface area (Å²) in [6, 6.07) is 10.1. The number of amides is 1. The third-order valence-corrected chi connectivity index (χ3v) is 2.79. The summed E-state index contributed by atoms with van der Waals surface area (Å²) in [4.78, 5) is 12.0. The van der Waals surface area contributed by atoms with Crippen molar-refractivity contribution >= 4 is 17.3 Å². The molecule has 0 saturated carbocycles. The average molecular weight is 274 g/mol. The molecule has 20 heavy (non-hydrogen) atoms. The highest BCUT2D eigenvalue weighted by atomic mass is 16.5. The SMILES string of the molecule is COc1cc(N(O)C(=O)C[n+]2ccccc2)ccc1N. The monoisotopic (exact) mass is 274 g/mol. The zero-order valence-electron chi connectivity index (χ0n) is 11.1. The molecule has 0 saturated heterocycles. The van der Waals surface area contributed by atoms with Crippen LogP contribution in [0.5, 0.6) is 5.75 Å². The van der Waals surface area contributed by atoms with Gasteiger partial charge >= 0.3 is 5.91 Å². The van der Waals surface area contributed by atoms with E-state index in [1.54, 1.807) is 41.2 Å². The number of nitrogens with two attached hydrogens (primary N) is 1. The van der Waals surface area contributed by atoms with Gasteiger partial charge in [0.15, 0.2) is 12.4 Å². The maximum atomic E-state index is 12.0. The van der Waals surface area contributed by atoms with E-state index in [4.69, 9.17) is 10.5 Å². The first kappa shape index (κ1) is 13.8. The smallest absolute Gasteiger partial charge is 0.316 e. The number of nitrogens with zero attached hydrogens (tertiary/aromatic N) is 2. The highest BCUT2D eigenvalue weighted by molar-refractivity contribution is 5.90. The van der Waals surface area contributed by atoms with E-state index in [0.717, 1.165) is 0 Å². The zero-order valence-corrected chi connectivity index (χ0v) is 11.1. The van der Waals surface area contributed by atoms with E-state index < -0.39 is 5.91 Å². The maximum absolute atomic E-state index is 12.0. The molecule has 6 heteroatoms. The normalized spacial score (nSPS) is 10.1. The molecule has 0 aliphatic carbocycles. The average Bonchev–Trinajstić information content (AvgIpc) is 2.48. The quantitative estimate of drug-likeness (QED) is 0.377. The number of rotatable bonds is 4. The Morgan fingerprint density at radius 3 is 2.70 bits per heavy atom. The Labute approximate surface area is 116 Å². The molecular formula is C14H16N3O3+. The lowest BCUT2D eigenvalue weighted by molar-refractivity contribution is -0.684. The molecule has 1 aromatic carbocycles. The number of anilines is 2. The van der Waals surface area contributed by atoms with Gasteiger partial charge in [0.1, 0.15) is 5.75 Å². The summed E-state index contributed by atoms with van der Waals surface area (Å²) >= 11 is 0. The van der Waals surface area contributed by atoms with Gasteiger partial charge in [0.05, 0.1) is 18.5 Å². The number of nitrogen functional groups attached to an aromatic ring is 1. The number of ether oxygens (including phenoxy) is 1. The summed E-state index contributed by atoms with van der Waals surface area (Å²) in [5.41, 5.74) is 6.43. The Bertz CT molecular complexity index is 602. The van der Waals surface area contributed by atoms with Crippen LogP contribution < -0.4 is 20.1 Å². The van der Waals surface area contributed by atoms with Crippen LogP contribution in [0, 0.1) is 0 Å². The van der Waals surface area contributed by atoms with E-state index in [2.05, 4.69) is 0 Å². The van der Waals surface area contributed by atoms with Crippen LogP contribution in [-0.4, -0.2) is 18.2 Å². The lowest BCUT2D eigenvalue weighted by Gasteiger charge is -2.15. The number of pyridine rings is 1. The minimum Gasteiger partial charge on any atom is -0.495 e. The van der Waals surface area contributed by atoms with Gasteiger partial charge in [0.2, 0.25) is 6.54 Å². The van der Waals surface area contributed by atoms with Crippen molar-refractivity contribution in [3.63, 3.8) is 0 Å². The number of hydrogen-bond acceptors (Lipinski definition) is 4. The number of benzene rings is 1. The predicted molar refractivity (Wildman–Crippen MR) is 73.3 cm³/mol. The van der Waals surface area contributed by atoms with Crippen molar-refractivity contribution in [3.8, 4) is 5.75 Å². The van der Waals surface area contributed by atoms with Crippen LogP contribution in [0.1, 0.15) is 0 Å². The van der Waals surface area contributed by atoms with E-state index in [9.17, 15) is 10.0 Å². The van der Waals surface area contributed by atoms with Gasteiger partial charge in [0.25, 0.3) is 0 Å². The molecule has 104 valence electrons. The number of hydrogen-bond donors (Lipinski definition) is 2. The van der Waals surface area contributed by atoms with Crippen LogP contribution >= 0.6 is 0 Å². The van der Waals surface area contributed by atoms with Crippen molar-refractivity contribution in [3.05, 3.63) is 48.8 Å². The minimum absolute atomic E-state index is 0.0318. The van der Waals surface area contributed by atoms with E-state index in [-0.39, 0.29) is 6.54 Å². The predicted octanol–water partition coefficient (Wildman–Crippen LogP) is 0.987. The van der Waals surface area contributed by atoms with Crippen LogP contribution in [0.4, 0.5) is 11.4 Å². The third kappa shape index (κ3) is 3.04. The van der Waals surface area contributed by atoms with Crippen molar-refractivity contribution in [1.29, 1.82) is 0 Å². The number of carbonyl (C=O) groups excluding carboxylic acids is 1. The van der Waals surface area contributed by atoms with Crippen LogP contribution in [0.2, 0.25) is 0 Å². The van der Waals surface area contributed by atoms with Crippen molar-refractivity contribution < 1.29 is 19.3 Å². The summed E-state index contributed by atoms with van der Waals surface area (Å²) in [5, 5.41) is 10.5. The van der Waals surface area contributed by atoms with Gasteiger partial charge in [-0.2, -0.15) is 9.63 Å². The number of aromatic nitrogens is 1. The van der Waals surface area contributed by atoms with E-state index >= 15 is 0 Å². The second-order valence-electron chi connectivity index (χ2n) is 4.18. The Kier molecular flexibility index (Phi) is 4.17. The van der Waals surface area contributed by atoms with E-state index in [1.165, 1.54) is 13.2 Å². The zero-order chi connectivity index (χ0) is 14.5. The fraction of sp³-hybridized carbons (Fsp3) is 0.143. The molecule has 0 aliphatic heterocycles. The molecule has 1 amide bonds. The first-order chi connectivity index (χ1) is 9.61. The highest BCUT2D eigenvalue weighted by Gasteiger charge is 2.18. The molecule has 3 N–H and O–H groups in total. The molecule has 0 fully saturated rings. The van der Waals surface area contributed by atoms with Crippen molar-refractivity contribution in [2.45, 2.75) is 6.54 Å². The molecule has 0 radical (unpaired) electrons. The molecule has 2 aromatic rings. The lowest BCUT2D eigenvalue weighted by atomic mass is 10.2. The molecule has 1 heterocycles. The lowest BCUT2D eigenvalue weighted by Crippen LogP contribution is -2.43. The van der Waals surface area contributed by atoms with Gasteiger partial charge in [-0.1, -0.05) is 6.07 Å². The maximum Gasteiger partial charge on any atom is 0.316 e. The Morgan fingerprint density at radius 2 is 2.05 bits per heavy atom. The molecule has 1 aromatic heterocycles. The summed E-state index contributed by atoms with van der Waals surface area (Å²) in [6.07, 6.45) is 3.49. The van der Waals surface area contributed by atoms with Crippen LogP contribution in [0.15, 0.2) is 48.8 Å². The first-order valence-corrected chi connectivity index (χ1v) is 6.01. The van der Waals surface area contributed by atoms with Crippen LogP contribution in [0.3, 0.4) is 0 Å². The van der Waals surface area contributed by atoms with Gasteiger partial charge in [-0.05, 0) is 12.1 Å². The molecule has 0 aliphatic rings. The van der Waals surface area contributed by atoms with Gasteiger partial charge in [-0.3, -0.25) is 10.0 Å². The fourth-order valence-corrected chi connectivity index (χ4v) is 1.74. The largest absolute Gasteiger partial charge is 0.495 e. The Hall–Kier alpha value is -2.60. The van der Waals surface area contributed by atoms with Gasteiger partial charge < -0.3 is 10.5 Å². The standard InChI is InChI=1S/C14H16N3O3/c1-20-13-9-11(5-6-12(13)15)17(19)14(18)10-16-7-3-2-4-8-16/h2-9,19H,10,15H2,1H3/q+1. The number of hydroxylamine groups is 1. The van der Waals surface area contributed by atoms with Gasteiger partial charge in [-0.15, -0.1) is 0 Å². The highest BCUT2D eigenvalue weighted by Crippen LogP contribution is 2.26. The molecule has 0 atom stereocenters.